The number of hydrogen-bond acceptors (Lipinski definition) is 1. The molecule has 1 atom stereocenters. The van der Waals surface area contributed by atoms with E-state index in [1.54, 1.807) is 0 Å². The van der Waals surface area contributed by atoms with Gasteiger partial charge in [0.15, 0.2) is 0 Å². The van der Waals surface area contributed by atoms with Crippen LogP contribution in [0.1, 0.15) is 57.1 Å². The van der Waals surface area contributed by atoms with Crippen molar-refractivity contribution in [2.75, 3.05) is 6.54 Å². The van der Waals surface area contributed by atoms with Gasteiger partial charge >= 0.3 is 0 Å². The Hall–Kier alpha value is -0.530. The smallest absolute Gasteiger partial charge is 0.0406 e. The lowest BCUT2D eigenvalue weighted by molar-refractivity contribution is 0.270. The zero-order valence-electron chi connectivity index (χ0n) is 12.4. The molecule has 3 rings (SSSR count). The highest BCUT2D eigenvalue weighted by molar-refractivity contribution is 6.30. The number of rotatable bonds is 5. The largest absolute Gasteiger partial charge is 0.309 e. The summed E-state index contributed by atoms with van der Waals surface area (Å²) in [5, 5.41) is 4.70. The van der Waals surface area contributed by atoms with E-state index in [0.717, 1.165) is 22.8 Å². The molecule has 2 heteroatoms. The summed E-state index contributed by atoms with van der Waals surface area (Å²) in [5.74, 6) is 2.68. The Bertz CT molecular complexity index is 416. The SMILES string of the molecule is CC1CCC(CNC(c2ccc(Cl)cc2)C2CC2)CC1. The standard InChI is InChI=1S/C18H26ClN/c1-13-2-4-14(5-3-13)12-20-18(15-6-7-15)16-8-10-17(19)11-9-16/h8-11,13-15,18,20H,2-7,12H2,1H3. The number of halogens is 1. The molecule has 1 nitrogen and oxygen atoms in total. The van der Waals surface area contributed by atoms with Crippen LogP contribution in [0.25, 0.3) is 0 Å². The summed E-state index contributed by atoms with van der Waals surface area (Å²) in [6.45, 7) is 3.58. The molecule has 0 saturated heterocycles. The number of benzene rings is 1. The lowest BCUT2D eigenvalue weighted by Gasteiger charge is -2.28. The van der Waals surface area contributed by atoms with Gasteiger partial charge in [0.25, 0.3) is 0 Å². The van der Waals surface area contributed by atoms with Gasteiger partial charge in [-0.3, -0.25) is 0 Å². The molecule has 2 saturated carbocycles. The molecule has 0 amide bonds. The van der Waals surface area contributed by atoms with E-state index >= 15 is 0 Å². The van der Waals surface area contributed by atoms with E-state index in [-0.39, 0.29) is 0 Å². The van der Waals surface area contributed by atoms with E-state index in [1.807, 2.05) is 12.1 Å². The van der Waals surface area contributed by atoms with E-state index in [9.17, 15) is 0 Å². The van der Waals surface area contributed by atoms with Crippen LogP contribution >= 0.6 is 11.6 Å². The van der Waals surface area contributed by atoms with E-state index in [1.165, 1.54) is 50.6 Å². The summed E-state index contributed by atoms with van der Waals surface area (Å²) < 4.78 is 0. The second-order valence-corrected chi connectivity index (χ2v) is 7.34. The average Bonchev–Trinajstić information content (AvgIpc) is 3.28. The van der Waals surface area contributed by atoms with Crippen molar-refractivity contribution in [2.45, 2.75) is 51.5 Å². The van der Waals surface area contributed by atoms with Crippen LogP contribution in [0.5, 0.6) is 0 Å². The summed E-state index contributed by atoms with van der Waals surface area (Å²) >= 11 is 6.00. The first-order valence-corrected chi connectivity index (χ1v) is 8.59. The van der Waals surface area contributed by atoms with Crippen molar-refractivity contribution in [3.8, 4) is 0 Å². The molecule has 0 radical (unpaired) electrons. The van der Waals surface area contributed by atoms with Crippen LogP contribution in [0.15, 0.2) is 24.3 Å². The van der Waals surface area contributed by atoms with E-state index in [4.69, 9.17) is 11.6 Å². The Morgan fingerprint density at radius 3 is 2.30 bits per heavy atom. The van der Waals surface area contributed by atoms with E-state index in [0.29, 0.717) is 6.04 Å². The molecule has 0 aromatic heterocycles. The Morgan fingerprint density at radius 1 is 1.05 bits per heavy atom. The first kappa shape index (κ1) is 14.4. The maximum absolute atomic E-state index is 6.00. The van der Waals surface area contributed by atoms with Crippen molar-refractivity contribution in [2.24, 2.45) is 17.8 Å². The third-order valence-corrected chi connectivity index (χ3v) is 5.34. The van der Waals surface area contributed by atoms with Crippen LogP contribution in [0.3, 0.4) is 0 Å². The number of nitrogens with one attached hydrogen (secondary N) is 1. The van der Waals surface area contributed by atoms with Gasteiger partial charge in [0.2, 0.25) is 0 Å². The van der Waals surface area contributed by atoms with Crippen LogP contribution < -0.4 is 5.32 Å². The first-order valence-electron chi connectivity index (χ1n) is 8.21. The fourth-order valence-electron chi connectivity index (χ4n) is 3.48. The third-order valence-electron chi connectivity index (χ3n) is 5.08. The molecule has 1 N–H and O–H groups in total. The van der Waals surface area contributed by atoms with Gasteiger partial charge in [-0.1, -0.05) is 43.5 Å². The molecule has 110 valence electrons. The molecule has 0 aliphatic heterocycles. The quantitative estimate of drug-likeness (QED) is 0.785. The van der Waals surface area contributed by atoms with Gasteiger partial charge in [-0.15, -0.1) is 0 Å². The van der Waals surface area contributed by atoms with Crippen LogP contribution in [0, 0.1) is 17.8 Å². The van der Waals surface area contributed by atoms with Gasteiger partial charge in [0, 0.05) is 11.1 Å². The average molecular weight is 292 g/mol. The van der Waals surface area contributed by atoms with Crippen LogP contribution in [-0.2, 0) is 0 Å². The fourth-order valence-corrected chi connectivity index (χ4v) is 3.61. The topological polar surface area (TPSA) is 12.0 Å². The maximum atomic E-state index is 6.00. The second-order valence-electron chi connectivity index (χ2n) is 6.90. The van der Waals surface area contributed by atoms with Crippen molar-refractivity contribution >= 4 is 11.6 Å². The predicted octanol–water partition coefficient (Wildman–Crippen LogP) is 5.21. The minimum absolute atomic E-state index is 0.548. The molecule has 2 aliphatic rings. The molecule has 0 heterocycles. The van der Waals surface area contributed by atoms with Gasteiger partial charge in [0.05, 0.1) is 0 Å². The molecule has 0 bridgehead atoms. The maximum Gasteiger partial charge on any atom is 0.0406 e. The van der Waals surface area contributed by atoms with Gasteiger partial charge in [-0.25, -0.2) is 0 Å². The Labute approximate surface area is 128 Å². The van der Waals surface area contributed by atoms with E-state index < -0.39 is 0 Å². The van der Waals surface area contributed by atoms with Gasteiger partial charge in [-0.2, -0.15) is 0 Å². The third kappa shape index (κ3) is 3.77. The highest BCUT2D eigenvalue weighted by Crippen LogP contribution is 2.41. The van der Waals surface area contributed by atoms with Crippen molar-refractivity contribution in [3.05, 3.63) is 34.9 Å². The lowest BCUT2D eigenvalue weighted by Crippen LogP contribution is -2.30. The summed E-state index contributed by atoms with van der Waals surface area (Å²) in [4.78, 5) is 0. The Morgan fingerprint density at radius 2 is 1.70 bits per heavy atom. The van der Waals surface area contributed by atoms with Crippen molar-refractivity contribution in [1.29, 1.82) is 0 Å². The summed E-state index contributed by atoms with van der Waals surface area (Å²) in [6, 6.07) is 8.99. The second kappa shape index (κ2) is 6.49. The van der Waals surface area contributed by atoms with Gasteiger partial charge in [0.1, 0.15) is 0 Å². The highest BCUT2D eigenvalue weighted by atomic mass is 35.5. The monoisotopic (exact) mass is 291 g/mol. The van der Waals surface area contributed by atoms with Gasteiger partial charge in [-0.05, 0) is 67.7 Å². The van der Waals surface area contributed by atoms with Crippen LogP contribution in [0.4, 0.5) is 0 Å². The van der Waals surface area contributed by atoms with Crippen molar-refractivity contribution in [1.82, 2.24) is 5.32 Å². The zero-order valence-corrected chi connectivity index (χ0v) is 13.2. The molecule has 1 unspecified atom stereocenters. The Balaban J connectivity index is 1.56. The zero-order chi connectivity index (χ0) is 13.9. The molecule has 1 aromatic carbocycles. The lowest BCUT2D eigenvalue weighted by atomic mass is 9.83. The molecule has 2 fully saturated rings. The molecule has 0 spiro atoms. The highest BCUT2D eigenvalue weighted by Gasteiger charge is 2.32. The van der Waals surface area contributed by atoms with Gasteiger partial charge < -0.3 is 5.32 Å². The summed E-state index contributed by atoms with van der Waals surface area (Å²) in [7, 11) is 0. The van der Waals surface area contributed by atoms with Crippen LogP contribution in [0.2, 0.25) is 5.02 Å². The molecular weight excluding hydrogens is 266 g/mol. The minimum atomic E-state index is 0.548. The van der Waals surface area contributed by atoms with Crippen LogP contribution in [-0.4, -0.2) is 6.54 Å². The summed E-state index contributed by atoms with van der Waals surface area (Å²) in [5.41, 5.74) is 1.42. The van der Waals surface area contributed by atoms with E-state index in [2.05, 4.69) is 24.4 Å². The number of hydrogen-bond donors (Lipinski definition) is 1. The molecular formula is C18H26ClN. The molecule has 1 aromatic rings. The summed E-state index contributed by atoms with van der Waals surface area (Å²) in [6.07, 6.45) is 8.41. The van der Waals surface area contributed by atoms with Crippen molar-refractivity contribution in [3.63, 3.8) is 0 Å². The first-order chi connectivity index (χ1) is 9.72. The fraction of sp³-hybridized carbons (Fsp3) is 0.667. The Kier molecular flexibility index (Phi) is 4.68. The normalized spacial score (nSPS) is 28.3. The molecule has 2 aliphatic carbocycles. The molecule has 20 heavy (non-hydrogen) atoms. The minimum Gasteiger partial charge on any atom is -0.309 e. The predicted molar refractivity (Wildman–Crippen MR) is 86.0 cm³/mol. The van der Waals surface area contributed by atoms with Crippen molar-refractivity contribution < 1.29 is 0 Å².